The van der Waals surface area contributed by atoms with Gasteiger partial charge in [0, 0.05) is 36.9 Å². The smallest absolute Gasteiger partial charge is 0.251 e. The summed E-state index contributed by atoms with van der Waals surface area (Å²) < 4.78 is 0. The average Bonchev–Trinajstić information content (AvgIpc) is 3.02. The maximum Gasteiger partial charge on any atom is 0.251 e. The van der Waals surface area contributed by atoms with Crippen LogP contribution in [0.4, 0.5) is 5.69 Å². The minimum absolute atomic E-state index is 0.0119. The van der Waals surface area contributed by atoms with Crippen molar-refractivity contribution in [1.82, 2.24) is 10.2 Å². The molecule has 21 heavy (non-hydrogen) atoms. The van der Waals surface area contributed by atoms with E-state index in [0.29, 0.717) is 12.6 Å². The first-order valence-electron chi connectivity index (χ1n) is 8.03. The first-order chi connectivity index (χ1) is 10.2. The number of amides is 1. The van der Waals surface area contributed by atoms with Crippen LogP contribution >= 0.6 is 0 Å². The topological polar surface area (TPSA) is 44.4 Å². The zero-order valence-corrected chi connectivity index (χ0v) is 13.2. The van der Waals surface area contributed by atoms with E-state index in [-0.39, 0.29) is 5.91 Å². The van der Waals surface area contributed by atoms with Gasteiger partial charge in [-0.05, 0) is 51.1 Å². The number of rotatable bonds is 7. The van der Waals surface area contributed by atoms with Crippen molar-refractivity contribution in [3.63, 3.8) is 0 Å². The molecule has 1 aromatic carbocycles. The SMILES string of the molecule is CCNc1ccc(C(=O)NCCN(C)C2CCCC2)cc1. The van der Waals surface area contributed by atoms with Crippen LogP contribution < -0.4 is 10.6 Å². The Labute approximate surface area is 127 Å². The summed E-state index contributed by atoms with van der Waals surface area (Å²) in [6.45, 7) is 4.58. The molecule has 0 heterocycles. The molecule has 1 aromatic rings. The van der Waals surface area contributed by atoms with Gasteiger partial charge in [-0.15, -0.1) is 0 Å². The number of hydrogen-bond donors (Lipinski definition) is 2. The summed E-state index contributed by atoms with van der Waals surface area (Å²) in [5.41, 5.74) is 1.77. The van der Waals surface area contributed by atoms with Crippen LogP contribution in [0.15, 0.2) is 24.3 Å². The van der Waals surface area contributed by atoms with Gasteiger partial charge < -0.3 is 15.5 Å². The summed E-state index contributed by atoms with van der Waals surface area (Å²) in [5, 5.41) is 6.23. The van der Waals surface area contributed by atoms with Crippen molar-refractivity contribution in [2.75, 3.05) is 32.0 Å². The maximum absolute atomic E-state index is 12.1. The molecule has 0 spiro atoms. The fourth-order valence-electron chi connectivity index (χ4n) is 2.92. The number of carbonyl (C=O) groups excluding carboxylic acids is 1. The highest BCUT2D eigenvalue weighted by molar-refractivity contribution is 5.94. The highest BCUT2D eigenvalue weighted by Gasteiger charge is 2.19. The first-order valence-corrected chi connectivity index (χ1v) is 8.03. The predicted octanol–water partition coefficient (Wildman–Crippen LogP) is 2.72. The fraction of sp³-hybridized carbons (Fsp3) is 0.588. The quantitative estimate of drug-likeness (QED) is 0.811. The summed E-state index contributed by atoms with van der Waals surface area (Å²) in [6.07, 6.45) is 5.30. The van der Waals surface area contributed by atoms with E-state index in [4.69, 9.17) is 0 Å². The van der Waals surface area contributed by atoms with Crippen LogP contribution in [0.2, 0.25) is 0 Å². The Balaban J connectivity index is 1.73. The summed E-state index contributed by atoms with van der Waals surface area (Å²) in [4.78, 5) is 14.4. The molecule has 1 saturated carbocycles. The third-order valence-corrected chi connectivity index (χ3v) is 4.23. The van der Waals surface area contributed by atoms with Gasteiger partial charge in [-0.25, -0.2) is 0 Å². The van der Waals surface area contributed by atoms with Gasteiger partial charge in [0.25, 0.3) is 5.91 Å². The molecule has 4 nitrogen and oxygen atoms in total. The molecule has 0 unspecified atom stereocenters. The normalized spacial score (nSPS) is 15.4. The van der Waals surface area contributed by atoms with Crippen LogP contribution in [0.25, 0.3) is 0 Å². The second-order valence-corrected chi connectivity index (χ2v) is 5.78. The van der Waals surface area contributed by atoms with E-state index in [1.54, 1.807) is 0 Å². The van der Waals surface area contributed by atoms with E-state index in [0.717, 1.165) is 24.3 Å². The van der Waals surface area contributed by atoms with E-state index in [1.165, 1.54) is 25.7 Å². The Morgan fingerprint density at radius 1 is 1.24 bits per heavy atom. The molecule has 4 heteroatoms. The van der Waals surface area contributed by atoms with E-state index in [9.17, 15) is 4.79 Å². The van der Waals surface area contributed by atoms with Crippen molar-refractivity contribution in [2.45, 2.75) is 38.6 Å². The van der Waals surface area contributed by atoms with Crippen LogP contribution in [0.3, 0.4) is 0 Å². The number of likely N-dealkylation sites (N-methyl/N-ethyl adjacent to an activating group) is 1. The second kappa shape index (κ2) is 8.03. The number of anilines is 1. The molecule has 0 atom stereocenters. The largest absolute Gasteiger partial charge is 0.385 e. The average molecular weight is 289 g/mol. The Hall–Kier alpha value is -1.55. The molecule has 2 rings (SSSR count). The highest BCUT2D eigenvalue weighted by atomic mass is 16.1. The van der Waals surface area contributed by atoms with Gasteiger partial charge in [-0.1, -0.05) is 12.8 Å². The van der Waals surface area contributed by atoms with Crippen LogP contribution in [0.5, 0.6) is 0 Å². The minimum Gasteiger partial charge on any atom is -0.385 e. The molecule has 1 aliphatic rings. The number of nitrogens with one attached hydrogen (secondary N) is 2. The maximum atomic E-state index is 12.1. The van der Waals surface area contributed by atoms with E-state index >= 15 is 0 Å². The third kappa shape index (κ3) is 4.74. The predicted molar refractivity (Wildman–Crippen MR) is 87.8 cm³/mol. The third-order valence-electron chi connectivity index (χ3n) is 4.23. The van der Waals surface area contributed by atoms with E-state index in [1.807, 2.05) is 24.3 Å². The zero-order valence-electron chi connectivity index (χ0n) is 13.2. The van der Waals surface area contributed by atoms with Crippen molar-refractivity contribution in [3.05, 3.63) is 29.8 Å². The molecule has 0 saturated heterocycles. The number of hydrogen-bond acceptors (Lipinski definition) is 3. The molecule has 116 valence electrons. The van der Waals surface area contributed by atoms with Gasteiger partial charge >= 0.3 is 0 Å². The van der Waals surface area contributed by atoms with Crippen molar-refractivity contribution < 1.29 is 4.79 Å². The lowest BCUT2D eigenvalue weighted by Gasteiger charge is -2.23. The molecule has 0 aliphatic heterocycles. The lowest BCUT2D eigenvalue weighted by Crippen LogP contribution is -2.37. The zero-order chi connectivity index (χ0) is 15.1. The molecular weight excluding hydrogens is 262 g/mol. The van der Waals surface area contributed by atoms with Crippen molar-refractivity contribution in [3.8, 4) is 0 Å². The van der Waals surface area contributed by atoms with Gasteiger partial charge in [-0.3, -0.25) is 4.79 Å². The molecular formula is C17H27N3O. The summed E-state index contributed by atoms with van der Waals surface area (Å²) in [5.74, 6) is 0.0119. The highest BCUT2D eigenvalue weighted by Crippen LogP contribution is 2.21. The summed E-state index contributed by atoms with van der Waals surface area (Å²) >= 11 is 0. The molecule has 1 fully saturated rings. The van der Waals surface area contributed by atoms with Gasteiger partial charge in [0.05, 0.1) is 0 Å². The lowest BCUT2D eigenvalue weighted by molar-refractivity contribution is 0.0947. The first kappa shape index (κ1) is 15.8. The molecule has 0 aromatic heterocycles. The monoisotopic (exact) mass is 289 g/mol. The number of nitrogens with zero attached hydrogens (tertiary/aromatic N) is 1. The van der Waals surface area contributed by atoms with E-state index in [2.05, 4.69) is 29.5 Å². The van der Waals surface area contributed by atoms with E-state index < -0.39 is 0 Å². The van der Waals surface area contributed by atoms with Gasteiger partial charge in [0.2, 0.25) is 0 Å². The molecule has 1 amide bonds. The second-order valence-electron chi connectivity index (χ2n) is 5.78. The Kier molecular flexibility index (Phi) is 6.05. The number of benzene rings is 1. The van der Waals surface area contributed by atoms with Gasteiger partial charge in [-0.2, -0.15) is 0 Å². The Bertz CT molecular complexity index is 438. The minimum atomic E-state index is 0.0119. The van der Waals surface area contributed by atoms with Crippen LogP contribution in [0, 0.1) is 0 Å². The van der Waals surface area contributed by atoms with Crippen molar-refractivity contribution >= 4 is 11.6 Å². The molecule has 2 N–H and O–H groups in total. The fourth-order valence-corrected chi connectivity index (χ4v) is 2.92. The van der Waals surface area contributed by atoms with Crippen molar-refractivity contribution in [2.24, 2.45) is 0 Å². The van der Waals surface area contributed by atoms with Gasteiger partial charge in [0.1, 0.15) is 0 Å². The van der Waals surface area contributed by atoms with Gasteiger partial charge in [0.15, 0.2) is 0 Å². The summed E-state index contributed by atoms with van der Waals surface area (Å²) in [7, 11) is 2.16. The molecule has 1 aliphatic carbocycles. The standard InChI is InChI=1S/C17H27N3O/c1-3-18-15-10-8-14(9-11-15)17(21)19-12-13-20(2)16-6-4-5-7-16/h8-11,16,18H,3-7,12-13H2,1-2H3,(H,19,21). The lowest BCUT2D eigenvalue weighted by atomic mass is 10.2. The van der Waals surface area contributed by atoms with Crippen LogP contribution in [-0.2, 0) is 0 Å². The summed E-state index contributed by atoms with van der Waals surface area (Å²) in [6, 6.07) is 8.34. The van der Waals surface area contributed by atoms with Crippen LogP contribution in [-0.4, -0.2) is 43.5 Å². The Morgan fingerprint density at radius 2 is 1.90 bits per heavy atom. The van der Waals surface area contributed by atoms with Crippen molar-refractivity contribution in [1.29, 1.82) is 0 Å². The number of carbonyl (C=O) groups is 1. The van der Waals surface area contributed by atoms with Crippen LogP contribution in [0.1, 0.15) is 43.0 Å². The Morgan fingerprint density at radius 3 is 2.52 bits per heavy atom. The molecule has 0 radical (unpaired) electrons. The molecule has 0 bridgehead atoms.